The van der Waals surface area contributed by atoms with Crippen molar-refractivity contribution in [3.8, 4) is 11.3 Å². The molecule has 1 amide bonds. The van der Waals surface area contributed by atoms with E-state index >= 15 is 0 Å². The summed E-state index contributed by atoms with van der Waals surface area (Å²) < 4.78 is 34.0. The number of carbonyl (C=O) groups is 1. The molecule has 0 aliphatic carbocycles. The van der Waals surface area contributed by atoms with Gasteiger partial charge in [-0.25, -0.2) is 9.71 Å². The Morgan fingerprint density at radius 3 is 2.58 bits per heavy atom. The van der Waals surface area contributed by atoms with Gasteiger partial charge >= 0.3 is 0 Å². The molecular formula is C28H29ClN5O5S+. The summed E-state index contributed by atoms with van der Waals surface area (Å²) in [6.45, 7) is 6.44. The molecule has 0 saturated heterocycles. The van der Waals surface area contributed by atoms with Crippen molar-refractivity contribution in [2.24, 2.45) is 0 Å². The maximum Gasteiger partial charge on any atom is 0.283 e. The summed E-state index contributed by atoms with van der Waals surface area (Å²) in [5.74, 6) is -0.379. The Kier molecular flexibility index (Phi) is 7.99. The molecule has 4 aromatic rings. The minimum Gasteiger partial charge on any atom is -0.455 e. The van der Waals surface area contributed by atoms with Gasteiger partial charge in [-0.1, -0.05) is 17.7 Å². The lowest BCUT2D eigenvalue weighted by molar-refractivity contribution is -0.413. The third kappa shape index (κ3) is 5.70. The molecule has 0 spiro atoms. The number of sulfonamides is 1. The zero-order chi connectivity index (χ0) is 29.4. The van der Waals surface area contributed by atoms with Crippen molar-refractivity contribution in [2.45, 2.75) is 38.8 Å². The minimum absolute atomic E-state index is 0.0624. The summed E-state index contributed by atoms with van der Waals surface area (Å²) in [6.07, 6.45) is 1.75. The number of hydrogen-bond donors (Lipinski definition) is 4. The first kappa shape index (κ1) is 28.8. The van der Waals surface area contributed by atoms with Crippen LogP contribution in [0.2, 0.25) is 5.15 Å². The quantitative estimate of drug-likeness (QED) is 0.147. The second-order valence-corrected chi connectivity index (χ2v) is 11.4. The lowest BCUT2D eigenvalue weighted by Gasteiger charge is -2.20. The van der Waals surface area contributed by atoms with Crippen LogP contribution in [0.4, 0.5) is 11.4 Å². The average molecular weight is 583 g/mol. The van der Waals surface area contributed by atoms with Gasteiger partial charge in [0.2, 0.25) is 10.9 Å². The maximum atomic E-state index is 13.5. The van der Waals surface area contributed by atoms with Crippen LogP contribution in [0.1, 0.15) is 42.1 Å². The van der Waals surface area contributed by atoms with Crippen LogP contribution in [0.3, 0.4) is 0 Å². The van der Waals surface area contributed by atoms with Gasteiger partial charge in [0.25, 0.3) is 10.0 Å². The van der Waals surface area contributed by atoms with Crippen molar-refractivity contribution >= 4 is 56.1 Å². The summed E-state index contributed by atoms with van der Waals surface area (Å²) in [7, 11) is -2.54. The third-order valence-electron chi connectivity index (χ3n) is 6.24. The summed E-state index contributed by atoms with van der Waals surface area (Å²) >= 11 is 5.98. The topological polar surface area (TPSA) is 158 Å². The van der Waals surface area contributed by atoms with Crippen molar-refractivity contribution in [3.63, 3.8) is 0 Å². The van der Waals surface area contributed by atoms with Crippen LogP contribution in [0, 0.1) is 13.8 Å². The predicted molar refractivity (Wildman–Crippen MR) is 156 cm³/mol. The molecule has 0 aliphatic rings. The monoisotopic (exact) mass is 582 g/mol. The third-order valence-corrected chi connectivity index (χ3v) is 7.83. The number of aromatic nitrogens is 1. The largest absolute Gasteiger partial charge is 0.455 e. The number of benzene rings is 2. The van der Waals surface area contributed by atoms with E-state index in [9.17, 15) is 18.0 Å². The highest BCUT2D eigenvalue weighted by atomic mass is 35.5. The molecule has 5 N–H and O–H groups in total. The Hall–Kier alpha value is -4.22. The Balaban J connectivity index is 1.88. The molecule has 0 radical (unpaired) electrons. The fourth-order valence-electron chi connectivity index (χ4n) is 4.44. The molecule has 12 heteroatoms. The number of nitrogens with two attached hydrogens (primary N) is 1. The highest BCUT2D eigenvalue weighted by molar-refractivity contribution is 7.90. The number of aryl methyl sites for hydroxylation is 1. The Morgan fingerprint density at radius 2 is 1.90 bits per heavy atom. The van der Waals surface area contributed by atoms with Crippen molar-refractivity contribution in [1.82, 2.24) is 9.71 Å². The van der Waals surface area contributed by atoms with E-state index in [1.807, 2.05) is 23.8 Å². The minimum atomic E-state index is -4.31. The van der Waals surface area contributed by atoms with Crippen LogP contribution < -0.4 is 26.2 Å². The van der Waals surface area contributed by atoms with Gasteiger partial charge in [0.05, 0.1) is 22.7 Å². The summed E-state index contributed by atoms with van der Waals surface area (Å²) in [5.41, 5.74) is 10.2. The van der Waals surface area contributed by atoms with E-state index < -0.39 is 27.0 Å². The van der Waals surface area contributed by atoms with E-state index in [2.05, 4.69) is 15.3 Å². The van der Waals surface area contributed by atoms with E-state index in [4.69, 9.17) is 21.8 Å². The van der Waals surface area contributed by atoms with Crippen LogP contribution in [0.25, 0.3) is 22.3 Å². The average Bonchev–Trinajstić information content (AvgIpc) is 2.87. The fraction of sp³-hybridized carbons (Fsp3) is 0.214. The van der Waals surface area contributed by atoms with E-state index in [1.165, 1.54) is 12.1 Å². The molecule has 0 fully saturated rings. The molecule has 0 aliphatic heterocycles. The van der Waals surface area contributed by atoms with Gasteiger partial charge in [0, 0.05) is 29.3 Å². The van der Waals surface area contributed by atoms with Crippen molar-refractivity contribution in [2.75, 3.05) is 18.1 Å². The smallest absolute Gasteiger partial charge is 0.283 e. The lowest BCUT2D eigenvalue weighted by Crippen LogP contribution is -2.63. The first-order chi connectivity index (χ1) is 18.8. The van der Waals surface area contributed by atoms with Gasteiger partial charge < -0.3 is 15.5 Å². The number of amides is 1. The second-order valence-electron chi connectivity index (χ2n) is 9.41. The number of halogens is 1. The second kappa shape index (κ2) is 11.1. The Bertz CT molecular complexity index is 1850. The number of rotatable bonds is 7. The molecule has 0 bridgehead atoms. The van der Waals surface area contributed by atoms with Crippen LogP contribution in [0.5, 0.6) is 0 Å². The summed E-state index contributed by atoms with van der Waals surface area (Å²) in [6, 6.07) is 11.3. The normalized spacial score (nSPS) is 12.6. The van der Waals surface area contributed by atoms with Crippen LogP contribution >= 0.6 is 11.6 Å². The molecular weight excluding hydrogens is 554 g/mol. The molecule has 208 valence electrons. The van der Waals surface area contributed by atoms with Gasteiger partial charge in [0.15, 0.2) is 11.6 Å². The molecule has 0 unspecified atom stereocenters. The molecule has 2 heterocycles. The molecule has 0 saturated carbocycles. The highest BCUT2D eigenvalue weighted by Gasteiger charge is 2.25. The van der Waals surface area contributed by atoms with Crippen LogP contribution in [-0.2, 0) is 14.8 Å². The number of pyridine rings is 1. The SMILES string of the molecule is C[NH+]=Cc1cc(-c2oc3c([C@@H](C)Nc4ccc(Cl)nc4S(=O)(=O)NC(C)=O)cc(C)cc3c(=O)c2C)ccc1N. The van der Waals surface area contributed by atoms with Crippen molar-refractivity contribution in [1.29, 1.82) is 0 Å². The molecule has 10 nitrogen and oxygen atoms in total. The van der Waals surface area contributed by atoms with Gasteiger partial charge in [-0.3, -0.25) is 14.6 Å². The molecule has 2 aromatic carbocycles. The van der Waals surface area contributed by atoms with Gasteiger partial charge in [-0.05, 0) is 62.7 Å². The summed E-state index contributed by atoms with van der Waals surface area (Å²) in [5, 5.41) is 3.03. The number of fused-ring (bicyclic) bond motifs is 1. The summed E-state index contributed by atoms with van der Waals surface area (Å²) in [4.78, 5) is 32.0. The van der Waals surface area contributed by atoms with Gasteiger partial charge in [-0.2, -0.15) is 8.42 Å². The van der Waals surface area contributed by atoms with E-state index in [0.717, 1.165) is 18.1 Å². The van der Waals surface area contributed by atoms with Crippen molar-refractivity contribution in [3.05, 3.63) is 80.1 Å². The number of hydrogen-bond acceptors (Lipinski definition) is 8. The number of nitrogen functional groups attached to an aromatic ring is 1. The molecule has 4 rings (SSSR count). The number of anilines is 2. The Labute approximate surface area is 236 Å². The fourth-order valence-corrected chi connectivity index (χ4v) is 5.75. The zero-order valence-electron chi connectivity index (χ0n) is 22.5. The first-order valence-electron chi connectivity index (χ1n) is 12.3. The molecule has 2 aromatic heterocycles. The maximum absolute atomic E-state index is 13.5. The van der Waals surface area contributed by atoms with Crippen molar-refractivity contribution < 1.29 is 22.6 Å². The first-order valence-corrected chi connectivity index (χ1v) is 14.1. The molecule has 1 atom stereocenters. The molecule has 40 heavy (non-hydrogen) atoms. The Morgan fingerprint density at radius 1 is 1.18 bits per heavy atom. The standard InChI is InChI=1S/C28H28ClN5O5S/c1-14-10-20(16(3)32-23-8-9-24(29)33-28(23)40(37,38)34-17(4)35)27-21(11-14)25(36)15(2)26(39-27)18-6-7-22(30)19(12-18)13-31-5/h6-13,16,32H,30H2,1-5H3,(H,34,35)/p+1/t16-/m1/s1. The predicted octanol–water partition coefficient (Wildman–Crippen LogP) is 2.83. The van der Waals surface area contributed by atoms with E-state index in [0.29, 0.717) is 39.1 Å². The van der Waals surface area contributed by atoms with Gasteiger partial charge in [-0.15, -0.1) is 0 Å². The van der Waals surface area contributed by atoms with Gasteiger partial charge in [0.1, 0.15) is 23.5 Å². The van der Waals surface area contributed by atoms with E-state index in [-0.39, 0.29) is 16.3 Å². The van der Waals surface area contributed by atoms with Crippen LogP contribution in [-0.4, -0.2) is 32.6 Å². The zero-order valence-corrected chi connectivity index (χ0v) is 24.1. The highest BCUT2D eigenvalue weighted by Crippen LogP contribution is 2.34. The number of nitrogens with zero attached hydrogens (tertiary/aromatic N) is 1. The van der Waals surface area contributed by atoms with Crippen LogP contribution in [0.15, 0.2) is 56.7 Å². The lowest BCUT2D eigenvalue weighted by atomic mass is 9.98. The number of nitrogens with one attached hydrogen (secondary N) is 3. The number of carbonyl (C=O) groups excluding carboxylic acids is 1. The van der Waals surface area contributed by atoms with E-state index in [1.54, 1.807) is 45.3 Å².